The van der Waals surface area contributed by atoms with Crippen molar-refractivity contribution in [3.63, 3.8) is 0 Å². The predicted octanol–water partition coefficient (Wildman–Crippen LogP) is 3.56. The number of para-hydroxylation sites is 2. The van der Waals surface area contributed by atoms with Gasteiger partial charge in [0.2, 0.25) is 5.91 Å². The van der Waals surface area contributed by atoms with Crippen LogP contribution in [-0.4, -0.2) is 77.4 Å². The molecule has 2 unspecified atom stereocenters. The summed E-state index contributed by atoms with van der Waals surface area (Å²) in [6.07, 6.45) is -3.41. The second kappa shape index (κ2) is 13.7. The first kappa shape index (κ1) is 28.3. The molecule has 2 aliphatic heterocycles. The molecule has 1 fully saturated rings. The fraction of sp³-hybridized carbons (Fsp3) is 0.600. The molecule has 3 rings (SSSR count). The Labute approximate surface area is 194 Å². The van der Waals surface area contributed by atoms with E-state index in [1.54, 1.807) is 0 Å². The van der Waals surface area contributed by atoms with Gasteiger partial charge in [-0.1, -0.05) is 19.1 Å². The Kier molecular flexibility index (Phi) is 12.1. The SMILES string of the molecule is CC(CO)CN1CCN2C(=O)C1CCCOc1ccccc12.ClCCl.O=C(O)C(F)(F)F. The van der Waals surface area contributed by atoms with Crippen LogP contribution in [0.4, 0.5) is 18.9 Å². The van der Waals surface area contributed by atoms with Gasteiger partial charge in [0, 0.05) is 26.2 Å². The molecule has 182 valence electrons. The minimum atomic E-state index is -5.08. The fourth-order valence-electron chi connectivity index (χ4n) is 3.31. The summed E-state index contributed by atoms with van der Waals surface area (Å²) in [4.78, 5) is 25.9. The van der Waals surface area contributed by atoms with Gasteiger partial charge in [-0.25, -0.2) is 4.79 Å². The lowest BCUT2D eigenvalue weighted by atomic mass is 10.0. The van der Waals surface area contributed by atoms with Gasteiger partial charge in [0.1, 0.15) is 5.75 Å². The second-order valence-electron chi connectivity index (χ2n) is 7.15. The first-order chi connectivity index (χ1) is 15.1. The summed E-state index contributed by atoms with van der Waals surface area (Å²) < 4.78 is 37.6. The van der Waals surface area contributed by atoms with Crippen molar-refractivity contribution in [2.24, 2.45) is 5.92 Å². The minimum Gasteiger partial charge on any atom is -0.491 e. The number of fused-ring (bicyclic) bond motifs is 4. The van der Waals surface area contributed by atoms with Crippen molar-refractivity contribution in [3.8, 4) is 5.75 Å². The Balaban J connectivity index is 0.000000433. The summed E-state index contributed by atoms with van der Waals surface area (Å²) in [5.74, 6) is -1.61. The topological polar surface area (TPSA) is 90.3 Å². The molecule has 2 aliphatic rings. The molecule has 2 bridgehead atoms. The van der Waals surface area contributed by atoms with E-state index < -0.39 is 12.1 Å². The van der Waals surface area contributed by atoms with E-state index in [0.29, 0.717) is 13.2 Å². The van der Waals surface area contributed by atoms with Crippen LogP contribution in [0.3, 0.4) is 0 Å². The number of benzene rings is 1. The number of aliphatic carboxylic acids is 1. The van der Waals surface area contributed by atoms with Crippen LogP contribution in [0.25, 0.3) is 0 Å². The van der Waals surface area contributed by atoms with Crippen LogP contribution >= 0.6 is 23.2 Å². The molecule has 2 N–H and O–H groups in total. The van der Waals surface area contributed by atoms with Crippen LogP contribution in [0.2, 0.25) is 0 Å². The van der Waals surface area contributed by atoms with Crippen molar-refractivity contribution >= 4 is 40.8 Å². The first-order valence-electron chi connectivity index (χ1n) is 9.86. The molecule has 1 aromatic carbocycles. The van der Waals surface area contributed by atoms with E-state index in [0.717, 1.165) is 37.4 Å². The number of halogens is 5. The van der Waals surface area contributed by atoms with Gasteiger partial charge < -0.3 is 19.8 Å². The molecule has 2 heterocycles. The Morgan fingerprint density at radius 2 is 1.88 bits per heavy atom. The number of aliphatic hydroxyl groups excluding tert-OH is 1. The number of alkyl halides is 5. The van der Waals surface area contributed by atoms with Crippen molar-refractivity contribution in [1.29, 1.82) is 0 Å². The monoisotopic (exact) mass is 502 g/mol. The standard InChI is InChI=1S/C17H24N2O3.C2HF3O2.CH2Cl2/c1-13(12-20)11-18-8-9-19-14-5-2-3-7-16(14)22-10-4-6-15(18)17(19)21;3-2(4,5)1(6)7;2-1-3/h2-3,5,7,13,15,20H,4,6,8-12H2,1H3;(H,6,7);1H2. The first-order valence-corrected chi connectivity index (χ1v) is 10.9. The zero-order valence-electron chi connectivity index (χ0n) is 17.5. The highest BCUT2D eigenvalue weighted by atomic mass is 35.5. The summed E-state index contributed by atoms with van der Waals surface area (Å²) in [7, 11) is 0. The third-order valence-corrected chi connectivity index (χ3v) is 4.74. The number of nitrogens with zero attached hydrogens (tertiary/aromatic N) is 2. The average molecular weight is 503 g/mol. The molecule has 2 atom stereocenters. The number of carbonyl (C=O) groups is 2. The van der Waals surface area contributed by atoms with Crippen LogP contribution in [-0.2, 0) is 9.59 Å². The number of anilines is 1. The second-order valence-corrected chi connectivity index (χ2v) is 7.96. The molecule has 0 radical (unpaired) electrons. The van der Waals surface area contributed by atoms with Gasteiger partial charge >= 0.3 is 12.1 Å². The number of piperazine rings is 1. The highest BCUT2D eigenvalue weighted by molar-refractivity contribution is 6.40. The summed E-state index contributed by atoms with van der Waals surface area (Å²) in [5, 5.41) is 16.6. The normalized spacial score (nSPS) is 19.4. The van der Waals surface area contributed by atoms with E-state index in [1.807, 2.05) is 36.1 Å². The van der Waals surface area contributed by atoms with Crippen LogP contribution in [0.15, 0.2) is 24.3 Å². The van der Waals surface area contributed by atoms with Crippen LogP contribution < -0.4 is 9.64 Å². The molecule has 1 amide bonds. The van der Waals surface area contributed by atoms with Gasteiger partial charge in [0.05, 0.1) is 23.7 Å². The van der Waals surface area contributed by atoms with Gasteiger partial charge in [-0.15, -0.1) is 23.2 Å². The largest absolute Gasteiger partial charge is 0.491 e. The van der Waals surface area contributed by atoms with Crippen LogP contribution in [0.5, 0.6) is 5.75 Å². The Morgan fingerprint density at radius 3 is 2.44 bits per heavy atom. The molecule has 12 heteroatoms. The summed E-state index contributed by atoms with van der Waals surface area (Å²) in [6.45, 7) is 5.10. The molecule has 0 aromatic heterocycles. The third kappa shape index (κ3) is 8.65. The highest BCUT2D eigenvalue weighted by Crippen LogP contribution is 2.33. The minimum absolute atomic E-state index is 0.0995. The maximum Gasteiger partial charge on any atom is 0.490 e. The van der Waals surface area contributed by atoms with E-state index >= 15 is 0 Å². The van der Waals surface area contributed by atoms with E-state index in [4.69, 9.17) is 37.8 Å². The highest BCUT2D eigenvalue weighted by Gasteiger charge is 2.38. The summed E-state index contributed by atoms with van der Waals surface area (Å²) >= 11 is 9.53. The lowest BCUT2D eigenvalue weighted by molar-refractivity contribution is -0.192. The molecule has 0 aliphatic carbocycles. The Hall–Kier alpha value is -1.75. The van der Waals surface area contributed by atoms with Gasteiger partial charge in [0.25, 0.3) is 0 Å². The van der Waals surface area contributed by atoms with Gasteiger partial charge in [-0.05, 0) is 30.9 Å². The Bertz CT molecular complexity index is 739. The van der Waals surface area contributed by atoms with Gasteiger partial charge in [0.15, 0.2) is 0 Å². The zero-order chi connectivity index (χ0) is 24.3. The average Bonchev–Trinajstić information content (AvgIpc) is 2.77. The van der Waals surface area contributed by atoms with Crippen molar-refractivity contribution < 1.29 is 37.7 Å². The predicted molar refractivity (Wildman–Crippen MR) is 115 cm³/mol. The Morgan fingerprint density at radius 1 is 1.28 bits per heavy atom. The molecule has 32 heavy (non-hydrogen) atoms. The lowest BCUT2D eigenvalue weighted by Crippen LogP contribution is -2.58. The number of carboxylic acid groups (broad SMARTS) is 1. The maximum absolute atomic E-state index is 12.9. The van der Waals surface area contributed by atoms with E-state index in [1.165, 1.54) is 0 Å². The lowest BCUT2D eigenvalue weighted by Gasteiger charge is -2.41. The number of carboxylic acids is 1. The van der Waals surface area contributed by atoms with Crippen molar-refractivity contribution in [2.75, 3.05) is 43.1 Å². The number of hydrogen-bond acceptors (Lipinski definition) is 5. The van der Waals surface area contributed by atoms with E-state index in [-0.39, 0.29) is 29.8 Å². The number of ether oxygens (including phenoxy) is 1. The van der Waals surface area contributed by atoms with Crippen molar-refractivity contribution in [3.05, 3.63) is 24.3 Å². The van der Waals surface area contributed by atoms with Crippen LogP contribution in [0, 0.1) is 5.92 Å². The zero-order valence-corrected chi connectivity index (χ0v) is 19.0. The van der Waals surface area contributed by atoms with Gasteiger partial charge in [-0.2, -0.15) is 13.2 Å². The van der Waals surface area contributed by atoms with E-state index in [9.17, 15) is 23.1 Å². The van der Waals surface area contributed by atoms with Crippen LogP contribution in [0.1, 0.15) is 19.8 Å². The summed E-state index contributed by atoms with van der Waals surface area (Å²) in [6, 6.07) is 7.68. The van der Waals surface area contributed by atoms with Crippen molar-refractivity contribution in [1.82, 2.24) is 4.90 Å². The number of carbonyl (C=O) groups excluding carboxylic acids is 1. The van der Waals surface area contributed by atoms with E-state index in [2.05, 4.69) is 4.90 Å². The molecular weight excluding hydrogens is 476 g/mol. The number of aliphatic hydroxyl groups is 1. The quantitative estimate of drug-likeness (QED) is 0.614. The molecule has 7 nitrogen and oxygen atoms in total. The van der Waals surface area contributed by atoms with Gasteiger partial charge in [-0.3, -0.25) is 9.69 Å². The van der Waals surface area contributed by atoms with Crippen molar-refractivity contribution in [2.45, 2.75) is 32.0 Å². The fourth-order valence-corrected chi connectivity index (χ4v) is 3.31. The molecule has 1 saturated heterocycles. The molecule has 1 aromatic rings. The summed E-state index contributed by atoms with van der Waals surface area (Å²) in [5.41, 5.74) is 0.884. The maximum atomic E-state index is 12.9. The third-order valence-electron chi connectivity index (χ3n) is 4.74. The number of amides is 1. The molecule has 0 saturated carbocycles. The number of hydrogen-bond donors (Lipinski definition) is 2. The molecule has 0 spiro atoms. The number of rotatable bonds is 3. The molecular formula is C20H27Cl2F3N2O5. The smallest absolute Gasteiger partial charge is 0.490 e.